The Hall–Kier alpha value is -2.69. The van der Waals surface area contributed by atoms with Crippen LogP contribution in [0.2, 0.25) is 0 Å². The van der Waals surface area contributed by atoms with Gasteiger partial charge in [-0.15, -0.1) is 0 Å². The quantitative estimate of drug-likeness (QED) is 0.631. The summed E-state index contributed by atoms with van der Waals surface area (Å²) >= 11 is 0.964. The van der Waals surface area contributed by atoms with Crippen LogP contribution in [0.3, 0.4) is 0 Å². The fourth-order valence-electron chi connectivity index (χ4n) is 2.00. The van der Waals surface area contributed by atoms with Crippen LogP contribution in [0.4, 0.5) is 14.7 Å². The first kappa shape index (κ1) is 24.3. The predicted molar refractivity (Wildman–Crippen MR) is 106 cm³/mol. The van der Waals surface area contributed by atoms with Gasteiger partial charge in [0, 0.05) is 6.54 Å². The molecule has 10 nitrogen and oxygen atoms in total. The van der Waals surface area contributed by atoms with Crippen molar-refractivity contribution in [2.24, 2.45) is 0 Å². The number of rotatable bonds is 7. The summed E-state index contributed by atoms with van der Waals surface area (Å²) in [5.41, 5.74) is -1.58. The van der Waals surface area contributed by atoms with Crippen molar-refractivity contribution in [1.82, 2.24) is 10.3 Å². The Morgan fingerprint density at radius 2 is 1.79 bits per heavy atom. The first-order valence-corrected chi connectivity index (χ1v) is 9.67. The van der Waals surface area contributed by atoms with Crippen LogP contribution in [0, 0.1) is 0 Å². The van der Waals surface area contributed by atoms with Crippen molar-refractivity contribution in [1.29, 1.82) is 0 Å². The Labute approximate surface area is 173 Å². The largest absolute Gasteiger partial charge is 0.480 e. The highest BCUT2D eigenvalue weighted by Crippen LogP contribution is 2.24. The van der Waals surface area contributed by atoms with Crippen molar-refractivity contribution in [3.05, 3.63) is 11.1 Å². The van der Waals surface area contributed by atoms with Crippen LogP contribution < -0.4 is 10.2 Å². The van der Waals surface area contributed by atoms with Crippen LogP contribution in [0.1, 0.15) is 57.6 Å². The third kappa shape index (κ3) is 8.90. The maximum atomic E-state index is 12.6. The highest BCUT2D eigenvalue weighted by Gasteiger charge is 2.29. The molecular formula is C18H27N3O7S. The Balaban J connectivity index is 2.95. The fourth-order valence-corrected chi connectivity index (χ4v) is 2.75. The van der Waals surface area contributed by atoms with Gasteiger partial charge in [0.1, 0.15) is 17.2 Å². The summed E-state index contributed by atoms with van der Waals surface area (Å²) in [6.07, 6.45) is 0.136. The smallest absolute Gasteiger partial charge is 0.416 e. The number of ether oxygens (including phenoxy) is 2. The number of hydrogen-bond acceptors (Lipinski definition) is 8. The van der Waals surface area contributed by atoms with Gasteiger partial charge in [0.25, 0.3) is 0 Å². The zero-order chi connectivity index (χ0) is 22.4. The second-order valence-electron chi connectivity index (χ2n) is 8.12. The Kier molecular flexibility index (Phi) is 8.13. The van der Waals surface area contributed by atoms with Crippen molar-refractivity contribution in [2.45, 2.75) is 65.2 Å². The van der Waals surface area contributed by atoms with Crippen molar-refractivity contribution >= 4 is 40.9 Å². The molecule has 1 aromatic heterocycles. The SMILES string of the molecule is CC(C)(C)OC(=O)NC(CCN(C(=O)OC(C)(C)C)c1ncc(C=O)s1)C(=O)O. The molecule has 2 N–H and O–H groups in total. The number of nitrogens with zero attached hydrogens (tertiary/aromatic N) is 2. The van der Waals surface area contributed by atoms with Crippen molar-refractivity contribution in [3.8, 4) is 0 Å². The molecule has 0 radical (unpaired) electrons. The first-order chi connectivity index (χ1) is 13.2. The van der Waals surface area contributed by atoms with E-state index in [1.807, 2.05) is 0 Å². The van der Waals surface area contributed by atoms with Gasteiger partial charge in [-0.3, -0.25) is 9.69 Å². The number of aromatic nitrogens is 1. The number of carboxylic acids is 1. The average molecular weight is 429 g/mol. The molecular weight excluding hydrogens is 402 g/mol. The number of hydrogen-bond donors (Lipinski definition) is 2. The third-order valence-corrected chi connectivity index (χ3v) is 4.05. The molecule has 0 spiro atoms. The van der Waals surface area contributed by atoms with Crippen molar-refractivity contribution in [3.63, 3.8) is 0 Å². The number of nitrogens with one attached hydrogen (secondary N) is 1. The van der Waals surface area contributed by atoms with E-state index in [1.165, 1.54) is 6.20 Å². The number of carboxylic acid groups (broad SMARTS) is 1. The lowest BCUT2D eigenvalue weighted by atomic mass is 10.2. The van der Waals surface area contributed by atoms with Crippen LogP contribution in [0.5, 0.6) is 0 Å². The van der Waals surface area contributed by atoms with Crippen molar-refractivity contribution < 1.29 is 33.8 Å². The highest BCUT2D eigenvalue weighted by atomic mass is 32.1. The number of thiazole rings is 1. The highest BCUT2D eigenvalue weighted by molar-refractivity contribution is 7.17. The monoisotopic (exact) mass is 429 g/mol. The van der Waals surface area contributed by atoms with Gasteiger partial charge in [0.15, 0.2) is 11.4 Å². The normalized spacial score (nSPS) is 12.6. The summed E-state index contributed by atoms with van der Waals surface area (Å²) in [6.45, 7) is 9.90. The molecule has 0 saturated heterocycles. The van der Waals surface area contributed by atoms with E-state index < -0.39 is 35.4 Å². The molecule has 1 heterocycles. The number of carbonyl (C=O) groups excluding carboxylic acids is 3. The molecule has 0 aliphatic heterocycles. The summed E-state index contributed by atoms with van der Waals surface area (Å²) in [5, 5.41) is 11.9. The van der Waals surface area contributed by atoms with Crippen LogP contribution in [-0.2, 0) is 14.3 Å². The van der Waals surface area contributed by atoms with E-state index in [2.05, 4.69) is 10.3 Å². The predicted octanol–water partition coefficient (Wildman–Crippen LogP) is 3.07. The second kappa shape index (κ2) is 9.68. The van der Waals surface area contributed by atoms with E-state index in [4.69, 9.17) is 9.47 Å². The van der Waals surface area contributed by atoms with E-state index in [0.717, 1.165) is 16.2 Å². The number of aliphatic carboxylic acids is 1. The number of carbonyl (C=O) groups is 4. The second-order valence-corrected chi connectivity index (χ2v) is 9.16. The Morgan fingerprint density at radius 3 is 2.24 bits per heavy atom. The minimum absolute atomic E-state index is 0.118. The van der Waals surface area contributed by atoms with E-state index in [9.17, 15) is 24.3 Å². The number of amides is 2. The van der Waals surface area contributed by atoms with Crippen LogP contribution in [-0.4, -0.2) is 58.3 Å². The molecule has 29 heavy (non-hydrogen) atoms. The number of alkyl carbamates (subject to hydrolysis) is 1. The molecule has 0 bridgehead atoms. The van der Waals surface area contributed by atoms with Gasteiger partial charge >= 0.3 is 18.2 Å². The average Bonchev–Trinajstić information content (AvgIpc) is 2.99. The Bertz CT molecular complexity index is 749. The lowest BCUT2D eigenvalue weighted by Crippen LogP contribution is -2.46. The van der Waals surface area contributed by atoms with Gasteiger partial charge in [-0.05, 0) is 48.0 Å². The summed E-state index contributed by atoms with van der Waals surface area (Å²) in [7, 11) is 0. The lowest BCUT2D eigenvalue weighted by molar-refractivity contribution is -0.139. The van der Waals surface area contributed by atoms with Crippen LogP contribution in [0.25, 0.3) is 0 Å². The van der Waals surface area contributed by atoms with Crippen molar-refractivity contribution in [2.75, 3.05) is 11.4 Å². The van der Waals surface area contributed by atoms with Crippen LogP contribution >= 0.6 is 11.3 Å². The number of aldehydes is 1. The zero-order valence-electron chi connectivity index (χ0n) is 17.3. The molecule has 162 valence electrons. The fraction of sp³-hybridized carbons (Fsp3) is 0.611. The zero-order valence-corrected chi connectivity index (χ0v) is 18.2. The maximum Gasteiger partial charge on any atom is 0.416 e. The first-order valence-electron chi connectivity index (χ1n) is 8.85. The molecule has 1 aromatic rings. The van der Waals surface area contributed by atoms with E-state index in [-0.39, 0.29) is 18.1 Å². The van der Waals surface area contributed by atoms with Gasteiger partial charge in [0.05, 0.1) is 11.1 Å². The van der Waals surface area contributed by atoms with E-state index >= 15 is 0 Å². The third-order valence-electron chi connectivity index (χ3n) is 3.10. The number of anilines is 1. The maximum absolute atomic E-state index is 12.6. The molecule has 1 rings (SSSR count). The molecule has 11 heteroatoms. The molecule has 1 atom stereocenters. The van der Waals surface area contributed by atoms with Gasteiger partial charge < -0.3 is 19.9 Å². The lowest BCUT2D eigenvalue weighted by Gasteiger charge is -2.27. The molecule has 0 aliphatic rings. The topological polar surface area (TPSA) is 135 Å². The summed E-state index contributed by atoms with van der Waals surface area (Å²) < 4.78 is 10.4. The van der Waals surface area contributed by atoms with Gasteiger partial charge in [0.2, 0.25) is 0 Å². The molecule has 2 amide bonds. The van der Waals surface area contributed by atoms with Gasteiger partial charge in [-0.2, -0.15) is 0 Å². The minimum Gasteiger partial charge on any atom is -0.480 e. The summed E-state index contributed by atoms with van der Waals surface area (Å²) in [5.74, 6) is -1.28. The van der Waals surface area contributed by atoms with E-state index in [1.54, 1.807) is 41.5 Å². The summed E-state index contributed by atoms with van der Waals surface area (Å²) in [6, 6.07) is -1.31. The summed E-state index contributed by atoms with van der Waals surface area (Å²) in [4.78, 5) is 52.4. The standard InChI is InChI=1S/C18H27N3O7S/c1-17(2,3)27-15(25)20-12(13(23)24)7-8-21(16(26)28-18(4,5)6)14-19-9-11(10-22)29-14/h9-10,12H,7-8H2,1-6H3,(H,20,25)(H,23,24). The molecule has 0 aliphatic carbocycles. The molecule has 0 saturated carbocycles. The van der Waals surface area contributed by atoms with Crippen LogP contribution in [0.15, 0.2) is 6.20 Å². The molecule has 1 unspecified atom stereocenters. The van der Waals surface area contributed by atoms with Gasteiger partial charge in [-0.1, -0.05) is 11.3 Å². The molecule has 0 fully saturated rings. The van der Waals surface area contributed by atoms with E-state index in [0.29, 0.717) is 11.2 Å². The minimum atomic E-state index is -1.31. The molecule has 0 aromatic carbocycles. The Morgan fingerprint density at radius 1 is 1.21 bits per heavy atom. The van der Waals surface area contributed by atoms with Gasteiger partial charge in [-0.25, -0.2) is 19.4 Å².